The molecule has 2 aromatic heterocycles. The third-order valence-electron chi connectivity index (χ3n) is 6.74. The molecule has 32 heavy (non-hydrogen) atoms. The highest BCUT2D eigenvalue weighted by molar-refractivity contribution is 5.98. The summed E-state index contributed by atoms with van der Waals surface area (Å²) in [6.07, 6.45) is 2.38. The lowest BCUT2D eigenvalue weighted by Crippen LogP contribution is -2.40. The number of methoxy groups -OCH3 is 1. The summed E-state index contributed by atoms with van der Waals surface area (Å²) in [5.41, 5.74) is 2.96. The van der Waals surface area contributed by atoms with Crippen LogP contribution in [0.3, 0.4) is 0 Å². The van der Waals surface area contributed by atoms with Gasteiger partial charge in [-0.1, -0.05) is 0 Å². The first-order valence-electron chi connectivity index (χ1n) is 11.3. The van der Waals surface area contributed by atoms with Crippen LogP contribution in [0.5, 0.6) is 5.75 Å². The summed E-state index contributed by atoms with van der Waals surface area (Å²) in [7, 11) is 1.62. The average molecular weight is 436 g/mol. The molecule has 1 atom stereocenters. The molecule has 0 unspecified atom stereocenters. The quantitative estimate of drug-likeness (QED) is 0.657. The smallest absolute Gasteiger partial charge is 0.270 e. The van der Waals surface area contributed by atoms with Crippen LogP contribution in [0, 0.1) is 0 Å². The molecule has 3 aromatic rings. The van der Waals surface area contributed by atoms with Crippen LogP contribution in [0.15, 0.2) is 29.1 Å². The average Bonchev–Trinajstić information content (AvgIpc) is 3.44. The van der Waals surface area contributed by atoms with Gasteiger partial charge in [0.2, 0.25) is 0 Å². The summed E-state index contributed by atoms with van der Waals surface area (Å²) in [6, 6.07) is 7.75. The summed E-state index contributed by atoms with van der Waals surface area (Å²) in [5.74, 6) is 1.26. The maximum Gasteiger partial charge on any atom is 0.270 e. The molecule has 0 aliphatic carbocycles. The molecule has 1 amide bonds. The topological polar surface area (TPSA) is 94.3 Å². The molecular weight excluding hydrogens is 406 g/mol. The van der Waals surface area contributed by atoms with E-state index in [1.165, 1.54) is 0 Å². The molecule has 8 nitrogen and oxygen atoms in total. The first-order chi connectivity index (χ1) is 15.4. The van der Waals surface area contributed by atoms with E-state index in [-0.39, 0.29) is 17.5 Å². The number of amides is 1. The number of benzene rings is 1. The first kappa shape index (κ1) is 20.8. The van der Waals surface area contributed by atoms with Gasteiger partial charge in [-0.25, -0.2) is 4.98 Å². The fourth-order valence-electron chi connectivity index (χ4n) is 4.87. The van der Waals surface area contributed by atoms with Gasteiger partial charge in [-0.3, -0.25) is 14.5 Å². The number of carbonyl (C=O) groups is 1. The Morgan fingerprint density at radius 1 is 1.22 bits per heavy atom. The minimum atomic E-state index is -0.226. The molecule has 4 heterocycles. The van der Waals surface area contributed by atoms with Gasteiger partial charge in [0.15, 0.2) is 0 Å². The van der Waals surface area contributed by atoms with E-state index < -0.39 is 0 Å². The van der Waals surface area contributed by atoms with Crippen LogP contribution in [0.4, 0.5) is 0 Å². The Bertz CT molecular complexity index is 1230. The number of carbonyl (C=O) groups excluding carboxylic acids is 1. The van der Waals surface area contributed by atoms with E-state index in [1.54, 1.807) is 7.11 Å². The van der Waals surface area contributed by atoms with Gasteiger partial charge < -0.3 is 19.6 Å². The second-order valence-electron chi connectivity index (χ2n) is 8.98. The van der Waals surface area contributed by atoms with E-state index in [9.17, 15) is 9.59 Å². The van der Waals surface area contributed by atoms with Crippen LogP contribution in [0.1, 0.15) is 60.3 Å². The Morgan fingerprint density at radius 2 is 2.06 bits per heavy atom. The Labute approximate surface area is 186 Å². The van der Waals surface area contributed by atoms with Crippen molar-refractivity contribution >= 4 is 16.8 Å². The number of H-pyrrole nitrogens is 2. The molecule has 2 aliphatic rings. The Hall–Kier alpha value is -3.13. The number of nitrogens with zero attached hydrogens (tertiary/aromatic N) is 3. The van der Waals surface area contributed by atoms with E-state index >= 15 is 0 Å². The van der Waals surface area contributed by atoms with E-state index in [0.717, 1.165) is 47.3 Å². The molecule has 0 spiro atoms. The van der Waals surface area contributed by atoms with Gasteiger partial charge in [-0.2, -0.15) is 0 Å². The molecule has 8 heteroatoms. The summed E-state index contributed by atoms with van der Waals surface area (Å²) >= 11 is 0. The van der Waals surface area contributed by atoms with Crippen LogP contribution >= 0.6 is 0 Å². The van der Waals surface area contributed by atoms with Crippen molar-refractivity contribution in [1.82, 2.24) is 24.8 Å². The van der Waals surface area contributed by atoms with Crippen molar-refractivity contribution < 1.29 is 9.53 Å². The molecular formula is C24H29N5O3. The highest BCUT2D eigenvalue weighted by atomic mass is 16.5. The third-order valence-corrected chi connectivity index (χ3v) is 6.74. The number of rotatable bonds is 4. The minimum absolute atomic E-state index is 0.0644. The molecule has 1 saturated heterocycles. The van der Waals surface area contributed by atoms with E-state index in [1.807, 2.05) is 29.2 Å². The standard InChI is InChI=1S/C24H29N5O3/c1-14(2)28-10-8-17-20(13-28)26-22(27-23(17)30)21-5-4-9-29(21)24(31)19-11-15-6-7-16(32-3)12-18(15)25-19/h6-7,11-12,14,21,25H,4-5,8-10,13H2,1-3H3,(H,26,27,30)/t21-/m0/s1. The molecule has 2 N–H and O–H groups in total. The summed E-state index contributed by atoms with van der Waals surface area (Å²) in [6.45, 7) is 6.50. The fraction of sp³-hybridized carbons (Fsp3) is 0.458. The van der Waals surface area contributed by atoms with E-state index in [2.05, 4.69) is 28.7 Å². The zero-order chi connectivity index (χ0) is 22.4. The number of hydrogen-bond donors (Lipinski definition) is 2. The first-order valence-corrected chi connectivity index (χ1v) is 11.3. The molecule has 1 fully saturated rings. The number of likely N-dealkylation sites (tertiary alicyclic amines) is 1. The Kier molecular flexibility index (Phi) is 5.25. The van der Waals surface area contributed by atoms with Crippen LogP contribution < -0.4 is 10.3 Å². The SMILES string of the molecule is COc1ccc2cc(C(=O)N3CCC[C@H]3c3nc4c(c(=O)[nH]3)CCN(C(C)C)C4)[nH]c2c1. The van der Waals surface area contributed by atoms with E-state index in [0.29, 0.717) is 37.1 Å². The summed E-state index contributed by atoms with van der Waals surface area (Å²) in [4.78, 5) is 41.5. The van der Waals surface area contributed by atoms with Crippen molar-refractivity contribution in [3.05, 3.63) is 57.4 Å². The van der Waals surface area contributed by atoms with Gasteiger partial charge in [-0.15, -0.1) is 0 Å². The molecule has 5 rings (SSSR count). The van der Waals surface area contributed by atoms with Gasteiger partial charge in [0.25, 0.3) is 11.5 Å². The zero-order valence-electron chi connectivity index (χ0n) is 18.8. The number of hydrogen-bond acceptors (Lipinski definition) is 5. The minimum Gasteiger partial charge on any atom is -0.497 e. The van der Waals surface area contributed by atoms with Gasteiger partial charge in [-0.05, 0) is 51.3 Å². The Balaban J connectivity index is 1.45. The van der Waals surface area contributed by atoms with Crippen LogP contribution in [-0.4, -0.2) is 56.9 Å². The van der Waals surface area contributed by atoms with Gasteiger partial charge in [0.05, 0.1) is 18.8 Å². The van der Waals surface area contributed by atoms with Crippen molar-refractivity contribution in [2.75, 3.05) is 20.2 Å². The van der Waals surface area contributed by atoms with Gasteiger partial charge in [0.1, 0.15) is 17.3 Å². The molecule has 0 saturated carbocycles. The number of aromatic nitrogens is 3. The normalized spacial score (nSPS) is 19.0. The lowest BCUT2D eigenvalue weighted by molar-refractivity contribution is 0.0724. The highest BCUT2D eigenvalue weighted by Gasteiger charge is 2.34. The van der Waals surface area contributed by atoms with Crippen LogP contribution in [0.25, 0.3) is 10.9 Å². The number of nitrogens with one attached hydrogen (secondary N) is 2. The lowest BCUT2D eigenvalue weighted by Gasteiger charge is -2.31. The van der Waals surface area contributed by atoms with Crippen LogP contribution in [0.2, 0.25) is 0 Å². The second kappa shape index (κ2) is 8.09. The summed E-state index contributed by atoms with van der Waals surface area (Å²) < 4.78 is 5.28. The maximum absolute atomic E-state index is 13.4. The maximum atomic E-state index is 13.4. The molecule has 0 radical (unpaired) electrons. The van der Waals surface area contributed by atoms with Gasteiger partial charge >= 0.3 is 0 Å². The fourth-order valence-corrected chi connectivity index (χ4v) is 4.87. The number of ether oxygens (including phenoxy) is 1. The zero-order valence-corrected chi connectivity index (χ0v) is 18.8. The van der Waals surface area contributed by atoms with Crippen molar-refractivity contribution in [3.8, 4) is 5.75 Å². The third kappa shape index (κ3) is 3.58. The molecule has 168 valence electrons. The van der Waals surface area contributed by atoms with Gasteiger partial charge in [0, 0.05) is 48.2 Å². The number of aromatic amines is 2. The number of fused-ring (bicyclic) bond motifs is 2. The van der Waals surface area contributed by atoms with Crippen molar-refractivity contribution in [2.24, 2.45) is 0 Å². The molecule has 2 aliphatic heterocycles. The second-order valence-corrected chi connectivity index (χ2v) is 8.98. The Morgan fingerprint density at radius 3 is 2.84 bits per heavy atom. The largest absolute Gasteiger partial charge is 0.497 e. The molecule has 0 bridgehead atoms. The predicted molar refractivity (Wildman–Crippen MR) is 122 cm³/mol. The monoisotopic (exact) mass is 435 g/mol. The highest BCUT2D eigenvalue weighted by Crippen LogP contribution is 2.32. The summed E-state index contributed by atoms with van der Waals surface area (Å²) in [5, 5.41) is 0.957. The van der Waals surface area contributed by atoms with Crippen molar-refractivity contribution in [3.63, 3.8) is 0 Å². The van der Waals surface area contributed by atoms with E-state index in [4.69, 9.17) is 9.72 Å². The molecule has 1 aromatic carbocycles. The lowest BCUT2D eigenvalue weighted by atomic mass is 10.0. The van der Waals surface area contributed by atoms with Crippen LogP contribution in [-0.2, 0) is 13.0 Å². The van der Waals surface area contributed by atoms with Crippen molar-refractivity contribution in [2.45, 2.75) is 51.7 Å². The predicted octanol–water partition coefficient (Wildman–Crippen LogP) is 3.00. The van der Waals surface area contributed by atoms with Crippen molar-refractivity contribution in [1.29, 1.82) is 0 Å².